The molecular formula is C29H37N7O. The minimum Gasteiger partial charge on any atom is -0.370 e. The number of amides is 1. The van der Waals surface area contributed by atoms with Crippen LogP contribution in [0.4, 0.5) is 17.5 Å². The first kappa shape index (κ1) is 25.1. The lowest BCUT2D eigenvalue weighted by atomic mass is 9.92. The summed E-state index contributed by atoms with van der Waals surface area (Å²) in [5.74, 6) is 2.21. The first-order valence-corrected chi connectivity index (χ1v) is 13.5. The molecule has 3 aliphatic rings. The number of benzene rings is 1. The van der Waals surface area contributed by atoms with Crippen molar-refractivity contribution >= 4 is 23.4 Å². The van der Waals surface area contributed by atoms with Crippen LogP contribution >= 0.6 is 0 Å². The van der Waals surface area contributed by atoms with Gasteiger partial charge in [-0.3, -0.25) is 9.69 Å². The summed E-state index contributed by atoms with van der Waals surface area (Å²) in [6, 6.07) is 12.5. The molecule has 194 valence electrons. The van der Waals surface area contributed by atoms with Crippen molar-refractivity contribution in [2.24, 2.45) is 5.92 Å². The third-order valence-corrected chi connectivity index (χ3v) is 7.24. The molecule has 2 aromatic heterocycles. The van der Waals surface area contributed by atoms with Gasteiger partial charge in [-0.2, -0.15) is 0 Å². The van der Waals surface area contributed by atoms with E-state index in [0.29, 0.717) is 25.0 Å². The number of hydrogen-bond donors (Lipinski definition) is 3. The predicted octanol–water partition coefficient (Wildman–Crippen LogP) is 4.56. The number of nitrogens with zero attached hydrogens (tertiary/aromatic N) is 4. The number of nitrogens with one attached hydrogen (secondary N) is 3. The molecule has 2 atom stereocenters. The number of pyridine rings is 1. The molecule has 3 aromatic rings. The number of carbonyl (C=O) groups is 1. The minimum atomic E-state index is 0.124. The van der Waals surface area contributed by atoms with Crippen LogP contribution in [-0.4, -0.2) is 58.5 Å². The highest BCUT2D eigenvalue weighted by atomic mass is 16.2. The molecule has 0 saturated carbocycles. The number of anilines is 3. The molecule has 37 heavy (non-hydrogen) atoms. The maximum atomic E-state index is 12.5. The van der Waals surface area contributed by atoms with Crippen molar-refractivity contribution in [3.63, 3.8) is 0 Å². The third kappa shape index (κ3) is 7.26. The highest BCUT2D eigenvalue weighted by Gasteiger charge is 2.19. The lowest BCUT2D eigenvalue weighted by Gasteiger charge is -2.20. The van der Waals surface area contributed by atoms with Crippen LogP contribution in [0, 0.1) is 12.8 Å². The van der Waals surface area contributed by atoms with E-state index >= 15 is 0 Å². The normalized spacial score (nSPS) is 21.2. The van der Waals surface area contributed by atoms with Crippen LogP contribution < -0.4 is 16.0 Å². The molecule has 8 bridgehead atoms. The zero-order valence-electron chi connectivity index (χ0n) is 21.7. The molecule has 3 aliphatic heterocycles. The Bertz CT molecular complexity index is 1200. The number of aromatic nitrogens is 3. The highest BCUT2D eigenvalue weighted by Crippen LogP contribution is 2.25. The Hall–Kier alpha value is -3.52. The number of hydrogen-bond acceptors (Lipinski definition) is 7. The average Bonchev–Trinajstić information content (AvgIpc) is 3.12. The summed E-state index contributed by atoms with van der Waals surface area (Å²) < 4.78 is 0. The maximum absolute atomic E-state index is 12.5. The second-order valence-electron chi connectivity index (χ2n) is 10.3. The van der Waals surface area contributed by atoms with Crippen molar-refractivity contribution in [1.82, 2.24) is 25.2 Å². The van der Waals surface area contributed by atoms with Gasteiger partial charge in [0.05, 0.1) is 12.2 Å². The van der Waals surface area contributed by atoms with Crippen LogP contribution in [0.3, 0.4) is 0 Å². The SMILES string of the molecule is Cc1cc2cc(c1)Nc1nccc(n1)-c1ccc(nc1)NCCCNC(=O)CN1CCCC(CC2)CC1. The maximum Gasteiger partial charge on any atom is 0.234 e. The molecule has 1 aromatic carbocycles. The van der Waals surface area contributed by atoms with E-state index in [2.05, 4.69) is 55.9 Å². The van der Waals surface area contributed by atoms with E-state index in [0.717, 1.165) is 68.1 Å². The quantitative estimate of drug-likeness (QED) is 0.417. The van der Waals surface area contributed by atoms with E-state index in [1.54, 1.807) is 6.20 Å². The molecule has 8 heteroatoms. The van der Waals surface area contributed by atoms with Crippen LogP contribution in [0.1, 0.15) is 43.2 Å². The van der Waals surface area contributed by atoms with E-state index in [1.165, 1.54) is 24.0 Å². The number of aryl methyl sites for hydroxylation is 2. The van der Waals surface area contributed by atoms with Gasteiger partial charge in [-0.25, -0.2) is 15.0 Å². The van der Waals surface area contributed by atoms with Gasteiger partial charge in [0.2, 0.25) is 11.9 Å². The summed E-state index contributed by atoms with van der Waals surface area (Å²) in [5.41, 5.74) is 5.33. The van der Waals surface area contributed by atoms with Crippen LogP contribution in [0.25, 0.3) is 11.3 Å². The zero-order chi connectivity index (χ0) is 25.5. The van der Waals surface area contributed by atoms with Gasteiger partial charge in [0.25, 0.3) is 0 Å². The highest BCUT2D eigenvalue weighted by molar-refractivity contribution is 5.78. The van der Waals surface area contributed by atoms with E-state index in [1.807, 2.05) is 24.4 Å². The van der Waals surface area contributed by atoms with E-state index in [9.17, 15) is 4.79 Å². The van der Waals surface area contributed by atoms with Gasteiger partial charge in [-0.15, -0.1) is 0 Å². The van der Waals surface area contributed by atoms with Gasteiger partial charge >= 0.3 is 0 Å². The van der Waals surface area contributed by atoms with E-state index in [4.69, 9.17) is 4.98 Å². The Labute approximate surface area is 219 Å². The summed E-state index contributed by atoms with van der Waals surface area (Å²) in [5, 5.41) is 9.83. The fourth-order valence-electron chi connectivity index (χ4n) is 5.27. The second kappa shape index (κ2) is 12.1. The topological polar surface area (TPSA) is 95.1 Å². The first-order chi connectivity index (χ1) is 18.1. The number of rotatable bonds is 0. The third-order valence-electron chi connectivity index (χ3n) is 7.24. The smallest absolute Gasteiger partial charge is 0.234 e. The van der Waals surface area contributed by atoms with Crippen LogP contribution in [0.15, 0.2) is 48.8 Å². The summed E-state index contributed by atoms with van der Waals surface area (Å²) in [4.78, 5) is 28.5. The second-order valence-corrected chi connectivity index (χ2v) is 10.3. The molecule has 8 nitrogen and oxygen atoms in total. The Balaban J connectivity index is 1.35. The monoisotopic (exact) mass is 499 g/mol. The van der Waals surface area contributed by atoms with Gasteiger partial charge in [-0.05, 0) is 106 Å². The molecule has 0 aliphatic carbocycles. The zero-order valence-corrected chi connectivity index (χ0v) is 21.7. The fourth-order valence-corrected chi connectivity index (χ4v) is 5.27. The Morgan fingerprint density at radius 3 is 2.76 bits per heavy atom. The standard InChI is InChI=1S/C29H37N7O/c1-21-16-23-6-5-22-4-2-14-36(15-10-22)20-28(37)31-12-3-11-30-27-8-7-24(19-33-27)26-9-13-32-29(35-26)34-25(17-21)18-23/h7-9,13,16-19,22H,2-6,10-12,14-15,20H2,1H3,(H,30,33)(H,31,37)(H,32,34,35). The van der Waals surface area contributed by atoms with Gasteiger partial charge in [0.15, 0.2) is 0 Å². The Morgan fingerprint density at radius 2 is 1.86 bits per heavy atom. The minimum absolute atomic E-state index is 0.124. The molecular weight excluding hydrogens is 462 g/mol. The van der Waals surface area contributed by atoms with Crippen LogP contribution in [0.2, 0.25) is 0 Å². The summed E-state index contributed by atoms with van der Waals surface area (Å²) >= 11 is 0. The molecule has 6 rings (SSSR count). The number of carbonyl (C=O) groups excluding carboxylic acids is 1. The van der Waals surface area contributed by atoms with Gasteiger partial charge in [0.1, 0.15) is 5.82 Å². The van der Waals surface area contributed by atoms with Crippen molar-refractivity contribution < 1.29 is 4.79 Å². The van der Waals surface area contributed by atoms with E-state index < -0.39 is 0 Å². The fraction of sp³-hybridized carbons (Fsp3) is 0.448. The van der Waals surface area contributed by atoms with Crippen molar-refractivity contribution in [2.45, 2.75) is 45.4 Å². The van der Waals surface area contributed by atoms with Crippen LogP contribution in [0.5, 0.6) is 0 Å². The lowest BCUT2D eigenvalue weighted by Crippen LogP contribution is -2.38. The molecule has 2 unspecified atom stereocenters. The van der Waals surface area contributed by atoms with Crippen molar-refractivity contribution in [2.75, 3.05) is 43.4 Å². The Kier molecular flexibility index (Phi) is 8.25. The van der Waals surface area contributed by atoms with Crippen molar-refractivity contribution in [1.29, 1.82) is 0 Å². The molecule has 1 amide bonds. The van der Waals surface area contributed by atoms with Gasteiger partial charge < -0.3 is 16.0 Å². The summed E-state index contributed by atoms with van der Waals surface area (Å²) in [6.07, 6.45) is 10.2. The molecule has 0 spiro atoms. The predicted molar refractivity (Wildman–Crippen MR) is 148 cm³/mol. The molecule has 5 heterocycles. The van der Waals surface area contributed by atoms with Crippen molar-refractivity contribution in [3.05, 3.63) is 59.9 Å². The van der Waals surface area contributed by atoms with Crippen LogP contribution in [-0.2, 0) is 11.2 Å². The van der Waals surface area contributed by atoms with E-state index in [-0.39, 0.29) is 5.91 Å². The summed E-state index contributed by atoms with van der Waals surface area (Å²) in [6.45, 7) is 6.04. The van der Waals surface area contributed by atoms with Gasteiger partial charge in [-0.1, -0.05) is 6.07 Å². The average molecular weight is 500 g/mol. The summed E-state index contributed by atoms with van der Waals surface area (Å²) in [7, 11) is 0. The Morgan fingerprint density at radius 1 is 0.946 bits per heavy atom. The largest absolute Gasteiger partial charge is 0.370 e. The lowest BCUT2D eigenvalue weighted by molar-refractivity contribution is -0.122. The number of fused-ring (bicyclic) bond motifs is 9. The molecule has 3 N–H and O–H groups in total. The van der Waals surface area contributed by atoms with Gasteiger partial charge in [0, 0.05) is 36.7 Å². The molecule has 1 saturated heterocycles. The molecule has 0 radical (unpaired) electrons. The first-order valence-electron chi connectivity index (χ1n) is 13.5. The molecule has 1 fully saturated rings. The van der Waals surface area contributed by atoms with Crippen molar-refractivity contribution in [3.8, 4) is 11.3 Å².